The molecule has 0 aliphatic heterocycles. The summed E-state index contributed by atoms with van der Waals surface area (Å²) < 4.78 is 6.83. The SMILES string of the molecule is COc1cc(C(C)C)c(Br)cc1C1(CN)CCCC1. The highest BCUT2D eigenvalue weighted by molar-refractivity contribution is 9.10. The maximum absolute atomic E-state index is 6.10. The molecule has 1 saturated carbocycles. The third kappa shape index (κ3) is 2.68. The van der Waals surface area contributed by atoms with Crippen LogP contribution in [0.5, 0.6) is 5.75 Å². The molecule has 0 aromatic heterocycles. The zero-order chi connectivity index (χ0) is 14.0. The van der Waals surface area contributed by atoms with Gasteiger partial charge in [-0.25, -0.2) is 0 Å². The Labute approximate surface area is 124 Å². The molecule has 19 heavy (non-hydrogen) atoms. The molecule has 0 atom stereocenters. The minimum absolute atomic E-state index is 0.114. The van der Waals surface area contributed by atoms with Crippen molar-refractivity contribution in [3.63, 3.8) is 0 Å². The third-order valence-electron chi connectivity index (χ3n) is 4.46. The lowest BCUT2D eigenvalue weighted by Gasteiger charge is -2.30. The summed E-state index contributed by atoms with van der Waals surface area (Å²) in [6.45, 7) is 5.11. The smallest absolute Gasteiger partial charge is 0.123 e. The van der Waals surface area contributed by atoms with E-state index in [1.54, 1.807) is 7.11 Å². The van der Waals surface area contributed by atoms with Gasteiger partial charge in [-0.05, 0) is 36.5 Å². The van der Waals surface area contributed by atoms with Crippen LogP contribution in [0.25, 0.3) is 0 Å². The zero-order valence-corrected chi connectivity index (χ0v) is 13.7. The highest BCUT2D eigenvalue weighted by Crippen LogP contribution is 2.46. The predicted octanol–water partition coefficient (Wildman–Crippen LogP) is 4.35. The van der Waals surface area contributed by atoms with Gasteiger partial charge in [-0.15, -0.1) is 0 Å². The Kier molecular flexibility index (Phi) is 4.57. The van der Waals surface area contributed by atoms with Crippen LogP contribution in [0.3, 0.4) is 0 Å². The lowest BCUT2D eigenvalue weighted by Crippen LogP contribution is -2.32. The van der Waals surface area contributed by atoms with Crippen LogP contribution in [-0.2, 0) is 5.41 Å². The van der Waals surface area contributed by atoms with Crippen molar-refractivity contribution in [2.45, 2.75) is 50.9 Å². The van der Waals surface area contributed by atoms with E-state index in [4.69, 9.17) is 10.5 Å². The molecule has 2 N–H and O–H groups in total. The third-order valence-corrected chi connectivity index (χ3v) is 5.15. The molecule has 0 radical (unpaired) electrons. The van der Waals surface area contributed by atoms with Crippen molar-refractivity contribution in [1.29, 1.82) is 0 Å². The van der Waals surface area contributed by atoms with Gasteiger partial charge in [-0.1, -0.05) is 42.6 Å². The molecule has 0 amide bonds. The van der Waals surface area contributed by atoms with E-state index in [9.17, 15) is 0 Å². The van der Waals surface area contributed by atoms with E-state index in [0.717, 1.165) is 5.75 Å². The molecule has 1 fully saturated rings. The van der Waals surface area contributed by atoms with E-state index in [0.29, 0.717) is 12.5 Å². The van der Waals surface area contributed by atoms with E-state index in [2.05, 4.69) is 41.9 Å². The number of rotatable bonds is 4. The first-order valence-corrected chi connectivity index (χ1v) is 7.91. The fourth-order valence-corrected chi connectivity index (χ4v) is 4.03. The second-order valence-corrected chi connectivity index (χ2v) is 6.77. The van der Waals surface area contributed by atoms with E-state index < -0.39 is 0 Å². The highest BCUT2D eigenvalue weighted by Gasteiger charge is 2.37. The molecule has 0 unspecified atom stereocenters. The van der Waals surface area contributed by atoms with Crippen LogP contribution in [-0.4, -0.2) is 13.7 Å². The minimum Gasteiger partial charge on any atom is -0.496 e. The monoisotopic (exact) mass is 325 g/mol. The van der Waals surface area contributed by atoms with Crippen molar-refractivity contribution in [2.24, 2.45) is 5.73 Å². The fraction of sp³-hybridized carbons (Fsp3) is 0.625. The van der Waals surface area contributed by atoms with Gasteiger partial charge in [-0.2, -0.15) is 0 Å². The van der Waals surface area contributed by atoms with Crippen LogP contribution in [0.1, 0.15) is 56.6 Å². The minimum atomic E-state index is 0.114. The van der Waals surface area contributed by atoms with Gasteiger partial charge in [-0.3, -0.25) is 0 Å². The summed E-state index contributed by atoms with van der Waals surface area (Å²) in [4.78, 5) is 0. The number of halogens is 1. The molecule has 0 heterocycles. The highest BCUT2D eigenvalue weighted by atomic mass is 79.9. The van der Waals surface area contributed by atoms with Crippen LogP contribution in [0.15, 0.2) is 16.6 Å². The molecule has 1 aromatic rings. The standard InChI is InChI=1S/C16H24BrNO/c1-11(2)12-8-15(19-3)13(9-14(12)17)16(10-18)6-4-5-7-16/h8-9,11H,4-7,10,18H2,1-3H3. The molecule has 2 rings (SSSR count). The number of ether oxygens (including phenoxy) is 1. The molecule has 3 heteroatoms. The molecule has 1 aliphatic rings. The first-order valence-electron chi connectivity index (χ1n) is 7.12. The quantitative estimate of drug-likeness (QED) is 0.893. The van der Waals surface area contributed by atoms with Crippen molar-refractivity contribution in [3.8, 4) is 5.75 Å². The average molecular weight is 326 g/mol. The van der Waals surface area contributed by atoms with Crippen LogP contribution >= 0.6 is 15.9 Å². The summed E-state index contributed by atoms with van der Waals surface area (Å²) in [5.41, 5.74) is 8.80. The van der Waals surface area contributed by atoms with Gasteiger partial charge in [0.1, 0.15) is 5.75 Å². The first kappa shape index (κ1) is 14.9. The summed E-state index contributed by atoms with van der Waals surface area (Å²) in [5.74, 6) is 1.48. The Balaban J connectivity index is 2.53. The fourth-order valence-electron chi connectivity index (χ4n) is 3.23. The van der Waals surface area contributed by atoms with Gasteiger partial charge < -0.3 is 10.5 Å². The Morgan fingerprint density at radius 2 is 1.95 bits per heavy atom. The van der Waals surface area contributed by atoms with Crippen molar-refractivity contribution < 1.29 is 4.74 Å². The van der Waals surface area contributed by atoms with Gasteiger partial charge in [0.05, 0.1) is 7.11 Å². The first-order chi connectivity index (χ1) is 9.04. The lowest BCUT2D eigenvalue weighted by atomic mass is 9.78. The van der Waals surface area contributed by atoms with Crippen LogP contribution in [0.2, 0.25) is 0 Å². The molecule has 0 bridgehead atoms. The van der Waals surface area contributed by atoms with Gasteiger partial charge in [0.15, 0.2) is 0 Å². The predicted molar refractivity (Wildman–Crippen MR) is 84.0 cm³/mol. The van der Waals surface area contributed by atoms with E-state index >= 15 is 0 Å². The summed E-state index contributed by atoms with van der Waals surface area (Å²) in [6.07, 6.45) is 4.88. The summed E-state index contributed by atoms with van der Waals surface area (Å²) in [6, 6.07) is 4.42. The molecule has 0 saturated heterocycles. The van der Waals surface area contributed by atoms with Crippen molar-refractivity contribution >= 4 is 15.9 Å². The van der Waals surface area contributed by atoms with E-state index in [1.165, 1.54) is 41.3 Å². The molecular formula is C16H24BrNO. The second-order valence-electron chi connectivity index (χ2n) is 5.92. The normalized spacial score (nSPS) is 18.0. The van der Waals surface area contributed by atoms with Crippen LogP contribution in [0, 0.1) is 0 Å². The summed E-state index contributed by atoms with van der Waals surface area (Å²) >= 11 is 3.72. The number of nitrogens with two attached hydrogens (primary N) is 1. The number of hydrogen-bond acceptors (Lipinski definition) is 2. The number of hydrogen-bond donors (Lipinski definition) is 1. The Hall–Kier alpha value is -0.540. The van der Waals surface area contributed by atoms with Crippen molar-refractivity contribution in [1.82, 2.24) is 0 Å². The van der Waals surface area contributed by atoms with Crippen molar-refractivity contribution in [3.05, 3.63) is 27.7 Å². The number of methoxy groups -OCH3 is 1. The molecule has 2 nitrogen and oxygen atoms in total. The maximum Gasteiger partial charge on any atom is 0.123 e. The average Bonchev–Trinajstić information content (AvgIpc) is 2.88. The molecule has 1 aliphatic carbocycles. The largest absolute Gasteiger partial charge is 0.496 e. The van der Waals surface area contributed by atoms with E-state index in [-0.39, 0.29) is 5.41 Å². The Morgan fingerprint density at radius 3 is 2.42 bits per heavy atom. The Bertz CT molecular complexity index is 450. The zero-order valence-electron chi connectivity index (χ0n) is 12.1. The molecule has 106 valence electrons. The number of benzene rings is 1. The van der Waals surface area contributed by atoms with Gasteiger partial charge >= 0.3 is 0 Å². The molecule has 1 aromatic carbocycles. The van der Waals surface area contributed by atoms with Crippen LogP contribution < -0.4 is 10.5 Å². The topological polar surface area (TPSA) is 35.2 Å². The molecule has 0 spiro atoms. The lowest BCUT2D eigenvalue weighted by molar-refractivity contribution is 0.376. The molecular weight excluding hydrogens is 302 g/mol. The van der Waals surface area contributed by atoms with E-state index in [1.807, 2.05) is 0 Å². The van der Waals surface area contributed by atoms with Crippen molar-refractivity contribution in [2.75, 3.05) is 13.7 Å². The summed E-state index contributed by atoms with van der Waals surface area (Å²) in [5, 5.41) is 0. The van der Waals surface area contributed by atoms with Gasteiger partial charge in [0.25, 0.3) is 0 Å². The summed E-state index contributed by atoms with van der Waals surface area (Å²) in [7, 11) is 1.76. The second kappa shape index (κ2) is 5.84. The van der Waals surface area contributed by atoms with Crippen LogP contribution in [0.4, 0.5) is 0 Å². The Morgan fingerprint density at radius 1 is 1.32 bits per heavy atom. The van der Waals surface area contributed by atoms with Gasteiger partial charge in [0.2, 0.25) is 0 Å². The maximum atomic E-state index is 6.10. The van der Waals surface area contributed by atoms with Gasteiger partial charge in [0, 0.05) is 22.0 Å².